The van der Waals surface area contributed by atoms with Crippen molar-refractivity contribution in [3.8, 4) is 0 Å². The summed E-state index contributed by atoms with van der Waals surface area (Å²) in [6.45, 7) is 8.63. The molecule has 0 aliphatic heterocycles. The molecule has 2 aromatic rings. The van der Waals surface area contributed by atoms with Crippen molar-refractivity contribution in [1.29, 1.82) is 0 Å². The lowest BCUT2D eigenvalue weighted by Crippen LogP contribution is -1.90. The Morgan fingerprint density at radius 2 is 1.53 bits per heavy atom. The van der Waals surface area contributed by atoms with Crippen molar-refractivity contribution in [2.45, 2.75) is 32.6 Å². The van der Waals surface area contributed by atoms with E-state index >= 15 is 0 Å². The molecule has 0 N–H and O–H groups in total. The van der Waals surface area contributed by atoms with Crippen LogP contribution in [0.3, 0.4) is 0 Å². The van der Waals surface area contributed by atoms with Crippen LogP contribution in [0.5, 0.6) is 0 Å². The fraction of sp³-hybridized carbons (Fsp3) is 0.286. The second-order valence-corrected chi connectivity index (χ2v) is 4.81. The van der Waals surface area contributed by atoms with Gasteiger partial charge < -0.3 is 0 Å². The molecule has 0 radical (unpaired) electrons. The van der Waals surface area contributed by atoms with Gasteiger partial charge in [0.15, 0.2) is 0 Å². The fourth-order valence-corrected chi connectivity index (χ4v) is 2.57. The van der Waals surface area contributed by atoms with Crippen molar-refractivity contribution in [2.24, 2.45) is 0 Å². The van der Waals surface area contributed by atoms with Gasteiger partial charge in [0, 0.05) is 4.90 Å². The van der Waals surface area contributed by atoms with Crippen molar-refractivity contribution in [3.05, 3.63) is 40.5 Å². The van der Waals surface area contributed by atoms with E-state index in [2.05, 4.69) is 58.5 Å². The van der Waals surface area contributed by atoms with Crippen LogP contribution < -0.4 is 0 Å². The van der Waals surface area contributed by atoms with Crippen LogP contribution in [0.2, 0.25) is 0 Å². The van der Waals surface area contributed by atoms with Crippen LogP contribution in [-0.4, -0.2) is 0 Å². The van der Waals surface area contributed by atoms with Gasteiger partial charge in [-0.2, -0.15) is 0 Å². The molecule has 0 nitrogen and oxygen atoms in total. The molecule has 2 aromatic carbocycles. The minimum absolute atomic E-state index is 1.09. The van der Waals surface area contributed by atoms with E-state index in [-0.39, 0.29) is 0 Å². The first-order valence-corrected chi connectivity index (χ1v) is 5.65. The van der Waals surface area contributed by atoms with Crippen LogP contribution in [0.4, 0.5) is 0 Å². The first kappa shape index (κ1) is 10.6. The van der Waals surface area contributed by atoms with Gasteiger partial charge in [-0.05, 0) is 61.2 Å². The molecule has 78 valence electrons. The van der Waals surface area contributed by atoms with E-state index in [1.807, 2.05) is 0 Å². The van der Waals surface area contributed by atoms with Crippen LogP contribution in [0.25, 0.3) is 10.8 Å². The Balaban J connectivity index is 2.99. The summed E-state index contributed by atoms with van der Waals surface area (Å²) in [7, 11) is 0. The monoisotopic (exact) mass is 216 g/mol. The zero-order chi connectivity index (χ0) is 11.2. The lowest BCUT2D eigenvalue weighted by atomic mass is 9.95. The molecule has 0 atom stereocenters. The lowest BCUT2D eigenvalue weighted by molar-refractivity contribution is 1.26. The molecule has 0 unspecified atom stereocenters. The van der Waals surface area contributed by atoms with Gasteiger partial charge in [-0.3, -0.25) is 0 Å². The average molecular weight is 216 g/mol. The van der Waals surface area contributed by atoms with E-state index in [1.165, 1.54) is 33.0 Å². The molecule has 0 saturated heterocycles. The molecule has 0 bridgehead atoms. The molecular weight excluding hydrogens is 200 g/mol. The highest BCUT2D eigenvalue weighted by Crippen LogP contribution is 2.30. The number of rotatable bonds is 0. The number of fused-ring (bicyclic) bond motifs is 1. The standard InChI is InChI=1S/C14H16S/c1-8-5-9(2)14-11(4)10(3)13(15)7-12(14)6-8/h5-7,15H,1-4H3. The first-order valence-electron chi connectivity index (χ1n) is 5.21. The topological polar surface area (TPSA) is 0 Å². The molecule has 0 spiro atoms. The molecule has 0 aliphatic carbocycles. The molecule has 0 fully saturated rings. The van der Waals surface area contributed by atoms with E-state index in [4.69, 9.17) is 0 Å². The largest absolute Gasteiger partial charge is 0.143 e. The second-order valence-electron chi connectivity index (χ2n) is 4.33. The van der Waals surface area contributed by atoms with Crippen LogP contribution in [0, 0.1) is 27.7 Å². The summed E-state index contributed by atoms with van der Waals surface area (Å²) >= 11 is 4.51. The quantitative estimate of drug-likeness (QED) is 0.621. The first-order chi connectivity index (χ1) is 7.00. The maximum atomic E-state index is 4.51. The third-order valence-corrected chi connectivity index (χ3v) is 3.59. The normalized spacial score (nSPS) is 11.0. The van der Waals surface area contributed by atoms with Gasteiger partial charge in [-0.25, -0.2) is 0 Å². The third-order valence-electron chi connectivity index (χ3n) is 3.12. The highest BCUT2D eigenvalue weighted by Gasteiger charge is 2.07. The minimum Gasteiger partial charge on any atom is -0.143 e. The smallest absolute Gasteiger partial charge is 0.00782 e. The Morgan fingerprint density at radius 3 is 2.20 bits per heavy atom. The molecule has 0 heterocycles. The lowest BCUT2D eigenvalue weighted by Gasteiger charge is -2.12. The summed E-state index contributed by atoms with van der Waals surface area (Å²) in [6, 6.07) is 6.64. The van der Waals surface area contributed by atoms with Crippen molar-refractivity contribution >= 4 is 23.4 Å². The predicted octanol–water partition coefficient (Wildman–Crippen LogP) is 4.36. The van der Waals surface area contributed by atoms with Gasteiger partial charge >= 0.3 is 0 Å². The SMILES string of the molecule is Cc1cc(C)c2c(C)c(C)c(S)cc2c1. The molecule has 0 amide bonds. The van der Waals surface area contributed by atoms with E-state index in [0.29, 0.717) is 0 Å². The number of thiol groups is 1. The highest BCUT2D eigenvalue weighted by molar-refractivity contribution is 7.80. The van der Waals surface area contributed by atoms with Crippen LogP contribution in [0.1, 0.15) is 22.3 Å². The van der Waals surface area contributed by atoms with Crippen molar-refractivity contribution in [3.63, 3.8) is 0 Å². The zero-order valence-electron chi connectivity index (χ0n) is 9.68. The number of hydrogen-bond donors (Lipinski definition) is 1. The fourth-order valence-electron chi connectivity index (χ4n) is 2.26. The van der Waals surface area contributed by atoms with Gasteiger partial charge in [0.05, 0.1) is 0 Å². The summed E-state index contributed by atoms with van der Waals surface area (Å²) in [5.41, 5.74) is 5.32. The summed E-state index contributed by atoms with van der Waals surface area (Å²) in [4.78, 5) is 1.09. The van der Waals surface area contributed by atoms with Crippen LogP contribution in [-0.2, 0) is 0 Å². The highest BCUT2D eigenvalue weighted by atomic mass is 32.1. The minimum atomic E-state index is 1.09. The van der Waals surface area contributed by atoms with E-state index in [9.17, 15) is 0 Å². The summed E-state index contributed by atoms with van der Waals surface area (Å²) in [5, 5.41) is 2.69. The van der Waals surface area contributed by atoms with E-state index < -0.39 is 0 Å². The van der Waals surface area contributed by atoms with Gasteiger partial charge in [-0.15, -0.1) is 12.6 Å². The van der Waals surface area contributed by atoms with Gasteiger partial charge in [-0.1, -0.05) is 17.7 Å². The maximum absolute atomic E-state index is 4.51. The Hall–Kier alpha value is -0.950. The molecule has 0 saturated carbocycles. The number of hydrogen-bond acceptors (Lipinski definition) is 1. The van der Waals surface area contributed by atoms with Crippen LogP contribution in [0.15, 0.2) is 23.1 Å². The van der Waals surface area contributed by atoms with E-state index in [1.54, 1.807) is 0 Å². The summed E-state index contributed by atoms with van der Waals surface area (Å²) < 4.78 is 0. The van der Waals surface area contributed by atoms with E-state index in [0.717, 1.165) is 4.90 Å². The van der Waals surface area contributed by atoms with Gasteiger partial charge in [0.2, 0.25) is 0 Å². The van der Waals surface area contributed by atoms with Gasteiger partial charge in [0.25, 0.3) is 0 Å². The molecule has 2 rings (SSSR count). The van der Waals surface area contributed by atoms with Crippen LogP contribution >= 0.6 is 12.6 Å². The summed E-state index contributed by atoms with van der Waals surface area (Å²) in [5.74, 6) is 0. The van der Waals surface area contributed by atoms with Crippen molar-refractivity contribution in [2.75, 3.05) is 0 Å². The predicted molar refractivity (Wildman–Crippen MR) is 70.1 cm³/mol. The Kier molecular flexibility index (Phi) is 2.51. The van der Waals surface area contributed by atoms with Crippen molar-refractivity contribution < 1.29 is 0 Å². The molecular formula is C14H16S. The van der Waals surface area contributed by atoms with Crippen molar-refractivity contribution in [1.82, 2.24) is 0 Å². The Bertz CT molecular complexity index is 539. The Labute approximate surface area is 96.7 Å². The zero-order valence-corrected chi connectivity index (χ0v) is 10.6. The Morgan fingerprint density at radius 1 is 0.867 bits per heavy atom. The molecule has 15 heavy (non-hydrogen) atoms. The number of aryl methyl sites for hydroxylation is 3. The second kappa shape index (κ2) is 3.57. The molecule has 0 aromatic heterocycles. The molecule has 0 aliphatic rings. The number of benzene rings is 2. The molecule has 1 heteroatoms. The maximum Gasteiger partial charge on any atom is 0.00782 e. The third kappa shape index (κ3) is 1.65. The summed E-state index contributed by atoms with van der Waals surface area (Å²) in [6.07, 6.45) is 0. The average Bonchev–Trinajstić information content (AvgIpc) is 2.13. The van der Waals surface area contributed by atoms with Gasteiger partial charge in [0.1, 0.15) is 0 Å².